The molecule has 0 atom stereocenters. The number of thiophene rings is 1. The number of nitrogens with one attached hydrogen (secondary N) is 1. The van der Waals surface area contributed by atoms with Crippen LogP contribution < -0.4 is 5.32 Å². The maximum Gasteiger partial charge on any atom is 0.0574 e. The zero-order chi connectivity index (χ0) is 10.1. The van der Waals surface area contributed by atoms with E-state index in [2.05, 4.69) is 35.0 Å². The Morgan fingerprint density at radius 3 is 3.07 bits per heavy atom. The summed E-state index contributed by atoms with van der Waals surface area (Å²) in [6.07, 6.45) is 4.23. The summed E-state index contributed by atoms with van der Waals surface area (Å²) in [6, 6.07) is 8.68. The van der Waals surface area contributed by atoms with E-state index < -0.39 is 0 Å². The largest absolute Gasteiger partial charge is 0.384 e. The van der Waals surface area contributed by atoms with E-state index in [1.807, 2.05) is 11.3 Å². The lowest BCUT2D eigenvalue weighted by Crippen LogP contribution is -2.01. The van der Waals surface area contributed by atoms with Crippen LogP contribution in [0.4, 0.5) is 5.69 Å². The summed E-state index contributed by atoms with van der Waals surface area (Å²) in [5.41, 5.74) is 1.31. The minimum Gasteiger partial charge on any atom is -0.384 e. The lowest BCUT2D eigenvalue weighted by atomic mass is 10.2. The van der Waals surface area contributed by atoms with Crippen molar-refractivity contribution in [2.75, 3.05) is 11.9 Å². The van der Waals surface area contributed by atoms with E-state index in [-0.39, 0.29) is 0 Å². The fraction of sp³-hybridized carbons (Fsp3) is 0.385. The molecule has 1 aliphatic carbocycles. The normalized spacial score (nSPS) is 15.7. The summed E-state index contributed by atoms with van der Waals surface area (Å²) < 4.78 is 1.40. The number of benzene rings is 1. The molecular weight excluding hydrogens is 202 g/mol. The maximum atomic E-state index is 3.56. The van der Waals surface area contributed by atoms with Gasteiger partial charge >= 0.3 is 0 Å². The quantitative estimate of drug-likeness (QED) is 0.812. The molecule has 0 radical (unpaired) electrons. The Morgan fingerprint density at radius 2 is 2.20 bits per heavy atom. The van der Waals surface area contributed by atoms with Gasteiger partial charge in [0.1, 0.15) is 0 Å². The molecule has 78 valence electrons. The van der Waals surface area contributed by atoms with E-state index in [1.54, 1.807) is 0 Å². The summed E-state index contributed by atoms with van der Waals surface area (Å²) in [5.74, 6) is 1.01. The lowest BCUT2D eigenvalue weighted by molar-refractivity contribution is 0.761. The molecule has 15 heavy (non-hydrogen) atoms. The third-order valence-corrected chi connectivity index (χ3v) is 4.01. The van der Waals surface area contributed by atoms with Crippen molar-refractivity contribution in [2.45, 2.75) is 19.3 Å². The van der Waals surface area contributed by atoms with Crippen LogP contribution in [0.3, 0.4) is 0 Å². The van der Waals surface area contributed by atoms with Gasteiger partial charge in [-0.15, -0.1) is 11.3 Å². The lowest BCUT2D eigenvalue weighted by Gasteiger charge is -2.06. The second-order valence-corrected chi connectivity index (χ2v) is 5.22. The average molecular weight is 217 g/mol. The fourth-order valence-corrected chi connectivity index (χ4v) is 2.84. The van der Waals surface area contributed by atoms with Gasteiger partial charge in [-0.1, -0.05) is 25.0 Å². The van der Waals surface area contributed by atoms with Crippen LogP contribution in [-0.2, 0) is 0 Å². The Morgan fingerprint density at radius 1 is 1.27 bits per heavy atom. The zero-order valence-corrected chi connectivity index (χ0v) is 9.52. The van der Waals surface area contributed by atoms with Crippen molar-refractivity contribution in [3.05, 3.63) is 29.6 Å². The second kappa shape index (κ2) is 3.86. The highest BCUT2D eigenvalue weighted by Gasteiger charge is 2.20. The van der Waals surface area contributed by atoms with E-state index in [0.717, 1.165) is 12.5 Å². The minimum atomic E-state index is 1.01. The van der Waals surface area contributed by atoms with E-state index in [0.29, 0.717) is 0 Å². The summed E-state index contributed by atoms with van der Waals surface area (Å²) >= 11 is 1.83. The van der Waals surface area contributed by atoms with Crippen LogP contribution in [-0.4, -0.2) is 6.54 Å². The SMILES string of the molecule is c1cc(NCCC2CC2)c2sccc2c1. The molecule has 1 nitrogen and oxygen atoms in total. The number of hydrogen-bond donors (Lipinski definition) is 1. The van der Waals surface area contributed by atoms with Crippen LogP contribution in [0.25, 0.3) is 10.1 Å². The van der Waals surface area contributed by atoms with E-state index in [1.165, 1.54) is 35.0 Å². The predicted octanol–water partition coefficient (Wildman–Crippen LogP) is 4.11. The van der Waals surface area contributed by atoms with Gasteiger partial charge in [-0.3, -0.25) is 0 Å². The molecule has 0 bridgehead atoms. The van der Waals surface area contributed by atoms with E-state index >= 15 is 0 Å². The highest BCUT2D eigenvalue weighted by molar-refractivity contribution is 7.17. The van der Waals surface area contributed by atoms with Crippen molar-refractivity contribution in [1.29, 1.82) is 0 Å². The molecule has 0 amide bonds. The molecule has 0 aliphatic heterocycles. The van der Waals surface area contributed by atoms with Crippen molar-refractivity contribution in [1.82, 2.24) is 0 Å². The molecule has 1 N–H and O–H groups in total. The molecule has 0 spiro atoms. The molecule has 1 saturated carbocycles. The Kier molecular flexibility index (Phi) is 2.37. The number of fused-ring (bicyclic) bond motifs is 1. The van der Waals surface area contributed by atoms with Crippen LogP contribution in [0, 0.1) is 5.92 Å². The summed E-state index contributed by atoms with van der Waals surface area (Å²) in [7, 11) is 0. The predicted molar refractivity (Wildman–Crippen MR) is 67.7 cm³/mol. The molecule has 0 unspecified atom stereocenters. The number of hydrogen-bond acceptors (Lipinski definition) is 2. The van der Waals surface area contributed by atoms with Crippen molar-refractivity contribution in [3.8, 4) is 0 Å². The number of rotatable bonds is 4. The van der Waals surface area contributed by atoms with Gasteiger partial charge in [0.2, 0.25) is 0 Å². The third kappa shape index (κ3) is 2.00. The molecule has 1 heterocycles. The smallest absolute Gasteiger partial charge is 0.0574 e. The molecule has 3 rings (SSSR count). The van der Waals surface area contributed by atoms with E-state index in [4.69, 9.17) is 0 Å². The van der Waals surface area contributed by atoms with Gasteiger partial charge < -0.3 is 5.32 Å². The van der Waals surface area contributed by atoms with Gasteiger partial charge in [0, 0.05) is 6.54 Å². The van der Waals surface area contributed by atoms with Crippen LogP contribution in [0.1, 0.15) is 19.3 Å². The molecular formula is C13H15NS. The van der Waals surface area contributed by atoms with E-state index in [9.17, 15) is 0 Å². The van der Waals surface area contributed by atoms with Crippen LogP contribution in [0.5, 0.6) is 0 Å². The van der Waals surface area contributed by atoms with Crippen LogP contribution >= 0.6 is 11.3 Å². The molecule has 0 saturated heterocycles. The average Bonchev–Trinajstić information content (AvgIpc) is 2.95. The Hall–Kier alpha value is -1.02. The Balaban J connectivity index is 1.74. The Bertz CT molecular complexity index is 456. The van der Waals surface area contributed by atoms with Crippen molar-refractivity contribution in [3.63, 3.8) is 0 Å². The first-order chi connectivity index (χ1) is 7.43. The van der Waals surface area contributed by atoms with Crippen LogP contribution in [0.2, 0.25) is 0 Å². The minimum absolute atomic E-state index is 1.01. The van der Waals surface area contributed by atoms with Crippen LogP contribution in [0.15, 0.2) is 29.6 Å². The highest BCUT2D eigenvalue weighted by Crippen LogP contribution is 2.33. The molecule has 2 aromatic rings. The van der Waals surface area contributed by atoms with Gasteiger partial charge in [-0.2, -0.15) is 0 Å². The standard InChI is InChI=1S/C13H15NS/c1-2-11-7-9-15-13(11)12(3-1)14-8-6-10-4-5-10/h1-3,7,9-10,14H,4-6,8H2. The summed E-state index contributed by atoms with van der Waals surface area (Å²) in [6.45, 7) is 1.13. The fourth-order valence-electron chi connectivity index (χ4n) is 1.95. The third-order valence-electron chi connectivity index (χ3n) is 3.04. The van der Waals surface area contributed by atoms with Gasteiger partial charge in [-0.25, -0.2) is 0 Å². The van der Waals surface area contributed by atoms with Crippen molar-refractivity contribution in [2.24, 2.45) is 5.92 Å². The molecule has 1 aromatic carbocycles. The highest BCUT2D eigenvalue weighted by atomic mass is 32.1. The van der Waals surface area contributed by atoms with Crippen molar-refractivity contribution >= 4 is 27.1 Å². The van der Waals surface area contributed by atoms with Gasteiger partial charge in [0.15, 0.2) is 0 Å². The maximum absolute atomic E-state index is 3.56. The van der Waals surface area contributed by atoms with Gasteiger partial charge in [0.05, 0.1) is 10.4 Å². The first-order valence-corrected chi connectivity index (χ1v) is 6.51. The topological polar surface area (TPSA) is 12.0 Å². The van der Waals surface area contributed by atoms with Crippen molar-refractivity contribution < 1.29 is 0 Å². The molecule has 1 aromatic heterocycles. The summed E-state index contributed by atoms with van der Waals surface area (Å²) in [4.78, 5) is 0. The zero-order valence-electron chi connectivity index (χ0n) is 8.70. The first kappa shape index (κ1) is 9.22. The first-order valence-electron chi connectivity index (χ1n) is 5.63. The molecule has 1 aliphatic rings. The van der Waals surface area contributed by atoms with Gasteiger partial charge in [-0.05, 0) is 35.2 Å². The monoisotopic (exact) mass is 217 g/mol. The molecule has 1 fully saturated rings. The molecule has 2 heteroatoms. The second-order valence-electron chi connectivity index (χ2n) is 4.30. The Labute approximate surface area is 94.1 Å². The summed E-state index contributed by atoms with van der Waals surface area (Å²) in [5, 5.41) is 7.08. The number of anilines is 1. The van der Waals surface area contributed by atoms with Gasteiger partial charge in [0.25, 0.3) is 0 Å².